The average molecular weight is 184 g/mol. The minimum Gasteiger partial charge on any atom is -0.327 e. The van der Waals surface area contributed by atoms with Crippen LogP contribution in [-0.2, 0) is 0 Å². The maximum absolute atomic E-state index is 6.04. The minimum atomic E-state index is 0.332. The molecule has 0 amide bonds. The molecule has 0 aliphatic rings. The van der Waals surface area contributed by atoms with E-state index in [1.165, 1.54) is 38.5 Å². The Morgan fingerprint density at radius 1 is 1.00 bits per heavy atom. The van der Waals surface area contributed by atoms with Gasteiger partial charge in [0, 0.05) is 6.04 Å². The molecule has 0 rings (SSSR count). The van der Waals surface area contributed by atoms with Gasteiger partial charge in [-0.2, -0.15) is 0 Å². The molecule has 0 heterocycles. The third-order valence-corrected chi connectivity index (χ3v) is 2.67. The Morgan fingerprint density at radius 2 is 1.62 bits per heavy atom. The molecule has 1 radical (unpaired) electrons. The van der Waals surface area contributed by atoms with Crippen LogP contribution in [0.2, 0.25) is 0 Å². The first kappa shape index (κ1) is 13.0. The van der Waals surface area contributed by atoms with Crippen molar-refractivity contribution in [1.82, 2.24) is 0 Å². The molecular weight excluding hydrogens is 158 g/mol. The van der Waals surface area contributed by atoms with Crippen molar-refractivity contribution >= 4 is 0 Å². The summed E-state index contributed by atoms with van der Waals surface area (Å²) in [6.07, 6.45) is 8.76. The van der Waals surface area contributed by atoms with Crippen molar-refractivity contribution in [3.8, 4) is 0 Å². The van der Waals surface area contributed by atoms with Crippen molar-refractivity contribution in [1.29, 1.82) is 0 Å². The van der Waals surface area contributed by atoms with Gasteiger partial charge in [0.2, 0.25) is 0 Å². The van der Waals surface area contributed by atoms with Crippen LogP contribution >= 0.6 is 0 Å². The number of hydrogen-bond donors (Lipinski definition) is 1. The van der Waals surface area contributed by atoms with Crippen molar-refractivity contribution in [2.45, 2.75) is 64.8 Å². The van der Waals surface area contributed by atoms with E-state index in [4.69, 9.17) is 5.73 Å². The molecule has 0 fully saturated rings. The predicted octanol–water partition coefficient (Wildman–Crippen LogP) is 3.53. The zero-order valence-corrected chi connectivity index (χ0v) is 9.39. The number of nitrogens with two attached hydrogens (primary N) is 1. The third-order valence-electron chi connectivity index (χ3n) is 2.67. The van der Waals surface area contributed by atoms with Gasteiger partial charge in [0.05, 0.1) is 0 Å². The van der Waals surface area contributed by atoms with Gasteiger partial charge in [-0.05, 0) is 25.7 Å². The lowest BCUT2D eigenvalue weighted by molar-refractivity contribution is 0.416. The first-order valence-electron chi connectivity index (χ1n) is 5.81. The second kappa shape index (κ2) is 8.55. The summed E-state index contributed by atoms with van der Waals surface area (Å²) in [5, 5.41) is 0. The molecule has 0 aromatic heterocycles. The minimum absolute atomic E-state index is 0.332. The molecule has 2 atom stereocenters. The fourth-order valence-electron chi connectivity index (χ4n) is 1.55. The highest BCUT2D eigenvalue weighted by atomic mass is 14.6. The SMILES string of the molecule is [CH2]C(CCCC)C(N)CCCCC. The van der Waals surface area contributed by atoms with E-state index < -0.39 is 0 Å². The zero-order chi connectivity index (χ0) is 10.1. The van der Waals surface area contributed by atoms with Gasteiger partial charge >= 0.3 is 0 Å². The van der Waals surface area contributed by atoms with Crippen LogP contribution in [0.1, 0.15) is 58.8 Å². The highest BCUT2D eigenvalue weighted by molar-refractivity contribution is 4.74. The molecule has 1 heteroatoms. The Hall–Kier alpha value is -0.0400. The van der Waals surface area contributed by atoms with E-state index in [0.29, 0.717) is 12.0 Å². The summed E-state index contributed by atoms with van der Waals surface area (Å²) in [7, 11) is 0. The van der Waals surface area contributed by atoms with Gasteiger partial charge in [-0.3, -0.25) is 0 Å². The molecule has 0 aliphatic carbocycles. The Balaban J connectivity index is 3.38. The van der Waals surface area contributed by atoms with E-state index in [2.05, 4.69) is 20.8 Å². The Morgan fingerprint density at radius 3 is 2.15 bits per heavy atom. The highest BCUT2D eigenvalue weighted by Gasteiger charge is 2.11. The molecule has 79 valence electrons. The fraction of sp³-hybridized carbons (Fsp3) is 0.917. The van der Waals surface area contributed by atoms with Crippen molar-refractivity contribution in [3.63, 3.8) is 0 Å². The number of unbranched alkanes of at least 4 members (excludes halogenated alkanes) is 3. The topological polar surface area (TPSA) is 26.0 Å². The Bertz CT molecular complexity index is 101. The normalized spacial score (nSPS) is 15.7. The van der Waals surface area contributed by atoms with E-state index in [-0.39, 0.29) is 0 Å². The van der Waals surface area contributed by atoms with Crippen LogP contribution in [0.15, 0.2) is 0 Å². The molecule has 0 aromatic carbocycles. The van der Waals surface area contributed by atoms with E-state index in [0.717, 1.165) is 6.42 Å². The molecule has 0 spiro atoms. The van der Waals surface area contributed by atoms with Crippen LogP contribution < -0.4 is 5.73 Å². The van der Waals surface area contributed by atoms with Crippen LogP contribution in [0.4, 0.5) is 0 Å². The summed E-state index contributed by atoms with van der Waals surface area (Å²) in [4.78, 5) is 0. The first-order chi connectivity index (χ1) is 6.22. The van der Waals surface area contributed by atoms with Crippen molar-refractivity contribution in [2.24, 2.45) is 11.7 Å². The molecule has 1 nitrogen and oxygen atoms in total. The van der Waals surface area contributed by atoms with E-state index in [1.54, 1.807) is 0 Å². The molecule has 0 saturated carbocycles. The molecule has 0 bridgehead atoms. The van der Waals surface area contributed by atoms with E-state index >= 15 is 0 Å². The second-order valence-corrected chi connectivity index (χ2v) is 4.06. The molecule has 0 aliphatic heterocycles. The molecule has 2 unspecified atom stereocenters. The number of hydrogen-bond acceptors (Lipinski definition) is 1. The molecule has 0 aromatic rings. The van der Waals surface area contributed by atoms with Gasteiger partial charge in [0.15, 0.2) is 0 Å². The molecule has 2 N–H and O–H groups in total. The van der Waals surface area contributed by atoms with E-state index in [1.807, 2.05) is 0 Å². The number of rotatable bonds is 8. The monoisotopic (exact) mass is 184 g/mol. The van der Waals surface area contributed by atoms with Crippen LogP contribution in [0.5, 0.6) is 0 Å². The maximum atomic E-state index is 6.04. The Labute approximate surface area is 84.1 Å². The van der Waals surface area contributed by atoms with E-state index in [9.17, 15) is 0 Å². The largest absolute Gasteiger partial charge is 0.327 e. The van der Waals surface area contributed by atoms with Crippen LogP contribution in [-0.4, -0.2) is 6.04 Å². The second-order valence-electron chi connectivity index (χ2n) is 4.06. The van der Waals surface area contributed by atoms with Crippen molar-refractivity contribution in [3.05, 3.63) is 6.92 Å². The van der Waals surface area contributed by atoms with Gasteiger partial charge in [-0.1, -0.05) is 46.0 Å². The average Bonchev–Trinajstić information content (AvgIpc) is 2.14. The maximum Gasteiger partial charge on any atom is 0.00671 e. The van der Waals surface area contributed by atoms with Crippen molar-refractivity contribution < 1.29 is 0 Å². The van der Waals surface area contributed by atoms with Crippen molar-refractivity contribution in [2.75, 3.05) is 0 Å². The summed E-state index contributed by atoms with van der Waals surface area (Å²) >= 11 is 0. The van der Waals surface area contributed by atoms with Crippen LogP contribution in [0.3, 0.4) is 0 Å². The lowest BCUT2D eigenvalue weighted by atomic mass is 9.92. The summed E-state index contributed by atoms with van der Waals surface area (Å²) in [5.74, 6) is 0.469. The van der Waals surface area contributed by atoms with Gasteiger partial charge < -0.3 is 5.73 Å². The quantitative estimate of drug-likeness (QED) is 0.574. The predicted molar refractivity (Wildman–Crippen MR) is 60.5 cm³/mol. The van der Waals surface area contributed by atoms with Gasteiger partial charge in [-0.25, -0.2) is 0 Å². The summed E-state index contributed by atoms with van der Waals surface area (Å²) in [6, 6.07) is 0.332. The lowest BCUT2D eigenvalue weighted by Gasteiger charge is -2.19. The van der Waals surface area contributed by atoms with Crippen LogP contribution in [0.25, 0.3) is 0 Å². The van der Waals surface area contributed by atoms with Crippen LogP contribution in [0, 0.1) is 12.8 Å². The molecule has 0 saturated heterocycles. The summed E-state index contributed by atoms with van der Waals surface area (Å²) in [5.41, 5.74) is 6.04. The standard InChI is InChI=1S/C12H26N/c1-4-6-8-10-12(13)11(3)9-7-5-2/h11-12H,3-10,13H2,1-2H3. The summed E-state index contributed by atoms with van der Waals surface area (Å²) in [6.45, 7) is 8.57. The molecule has 13 heavy (non-hydrogen) atoms. The lowest BCUT2D eigenvalue weighted by Crippen LogP contribution is -2.28. The van der Waals surface area contributed by atoms with Gasteiger partial charge in [0.25, 0.3) is 0 Å². The fourth-order valence-corrected chi connectivity index (χ4v) is 1.55. The smallest absolute Gasteiger partial charge is 0.00671 e. The third kappa shape index (κ3) is 7.06. The zero-order valence-electron chi connectivity index (χ0n) is 9.39. The summed E-state index contributed by atoms with van der Waals surface area (Å²) < 4.78 is 0. The highest BCUT2D eigenvalue weighted by Crippen LogP contribution is 2.15. The molecular formula is C12H26N. The van der Waals surface area contributed by atoms with Gasteiger partial charge in [-0.15, -0.1) is 0 Å². The first-order valence-corrected chi connectivity index (χ1v) is 5.81. The van der Waals surface area contributed by atoms with Gasteiger partial charge in [0.1, 0.15) is 0 Å². The Kier molecular flexibility index (Phi) is 8.53.